The van der Waals surface area contributed by atoms with Gasteiger partial charge in [0.15, 0.2) is 0 Å². The number of nitrogens with zero attached hydrogens (tertiary/aromatic N) is 1. The summed E-state index contributed by atoms with van der Waals surface area (Å²) < 4.78 is 13.9. The summed E-state index contributed by atoms with van der Waals surface area (Å²) in [4.78, 5) is 3.52. The van der Waals surface area contributed by atoms with E-state index in [0.717, 1.165) is 74.1 Å². The molecule has 0 bridgehead atoms. The zero-order chi connectivity index (χ0) is 25.1. The summed E-state index contributed by atoms with van der Waals surface area (Å²) >= 11 is 0. The molecule has 5 rings (SSSR count). The lowest BCUT2D eigenvalue weighted by molar-refractivity contribution is 0.628. The Morgan fingerprint density at radius 3 is 2.67 bits per heavy atom. The van der Waals surface area contributed by atoms with Crippen molar-refractivity contribution < 1.29 is 4.39 Å². The Labute approximate surface area is 210 Å². The second-order valence-corrected chi connectivity index (χ2v) is 8.74. The van der Waals surface area contributed by atoms with Gasteiger partial charge in [0.25, 0.3) is 0 Å². The van der Waals surface area contributed by atoms with Crippen LogP contribution in [0.25, 0.3) is 49.9 Å². The molecule has 5 aromatic rings. The molecule has 2 heterocycles. The molecule has 3 aromatic carbocycles. The fourth-order valence-corrected chi connectivity index (χ4v) is 4.57. The van der Waals surface area contributed by atoms with Crippen molar-refractivity contribution in [2.45, 2.75) is 13.8 Å². The molecule has 36 heavy (non-hydrogen) atoms. The Bertz CT molecular complexity index is 1620. The Balaban J connectivity index is 1.58. The summed E-state index contributed by atoms with van der Waals surface area (Å²) in [7, 11) is 0. The van der Waals surface area contributed by atoms with Crippen molar-refractivity contribution >= 4 is 27.4 Å². The number of hydrogen-bond acceptors (Lipinski definition) is 2. The largest absolute Gasteiger partial charge is 0.353 e. The number of benzene rings is 3. The van der Waals surface area contributed by atoms with Crippen LogP contribution in [-0.2, 0) is 0 Å². The van der Waals surface area contributed by atoms with Crippen LogP contribution in [0.1, 0.15) is 19.4 Å². The van der Waals surface area contributed by atoms with E-state index in [0.29, 0.717) is 0 Å². The number of allylic oxidation sites excluding steroid dienone is 3. The van der Waals surface area contributed by atoms with E-state index < -0.39 is 0 Å². The van der Waals surface area contributed by atoms with Gasteiger partial charge in [-0.25, -0.2) is 4.39 Å². The number of aromatic amines is 2. The van der Waals surface area contributed by atoms with Gasteiger partial charge in [-0.05, 0) is 77.7 Å². The summed E-state index contributed by atoms with van der Waals surface area (Å²) in [6, 6.07) is 21.2. The van der Waals surface area contributed by atoms with E-state index in [1.165, 1.54) is 6.07 Å². The number of aromatic nitrogens is 3. The maximum absolute atomic E-state index is 13.9. The molecule has 0 unspecified atom stereocenters. The second-order valence-electron chi connectivity index (χ2n) is 8.74. The van der Waals surface area contributed by atoms with Gasteiger partial charge >= 0.3 is 0 Å². The molecule has 0 amide bonds. The maximum Gasteiger partial charge on any atom is 0.123 e. The topological polar surface area (TPSA) is 56.5 Å². The van der Waals surface area contributed by atoms with E-state index in [4.69, 9.17) is 0 Å². The Morgan fingerprint density at radius 1 is 1.03 bits per heavy atom. The molecule has 2 aromatic heterocycles. The molecule has 0 fully saturated rings. The monoisotopic (exact) mass is 476 g/mol. The molecule has 0 saturated heterocycles. The average Bonchev–Trinajstić information content (AvgIpc) is 3.52. The van der Waals surface area contributed by atoms with E-state index in [-0.39, 0.29) is 5.82 Å². The van der Waals surface area contributed by atoms with E-state index in [2.05, 4.69) is 70.4 Å². The minimum Gasteiger partial charge on any atom is -0.353 e. The first-order valence-corrected chi connectivity index (χ1v) is 12.2. The Morgan fingerprint density at radius 2 is 1.89 bits per heavy atom. The number of nitrogens with one attached hydrogen (secondary N) is 3. The van der Waals surface area contributed by atoms with Crippen LogP contribution in [0.15, 0.2) is 97.1 Å². The van der Waals surface area contributed by atoms with E-state index in [9.17, 15) is 4.39 Å². The third-order valence-electron chi connectivity index (χ3n) is 6.44. The number of halogens is 1. The quantitative estimate of drug-likeness (QED) is 0.202. The van der Waals surface area contributed by atoms with Crippen molar-refractivity contribution in [3.8, 4) is 22.5 Å². The Kier molecular flexibility index (Phi) is 6.65. The minimum atomic E-state index is -0.245. The van der Waals surface area contributed by atoms with Crippen LogP contribution >= 0.6 is 0 Å². The van der Waals surface area contributed by atoms with Gasteiger partial charge in [0.1, 0.15) is 11.5 Å². The second kappa shape index (κ2) is 10.2. The molecule has 5 heteroatoms. The molecule has 0 radical (unpaired) electrons. The summed E-state index contributed by atoms with van der Waals surface area (Å²) in [5, 5.41) is 13.2. The molecule has 180 valence electrons. The van der Waals surface area contributed by atoms with Crippen LogP contribution in [0.4, 0.5) is 4.39 Å². The number of H-pyrrole nitrogens is 2. The third-order valence-corrected chi connectivity index (χ3v) is 6.44. The smallest absolute Gasteiger partial charge is 0.123 e. The van der Waals surface area contributed by atoms with Crippen molar-refractivity contribution in [1.29, 1.82) is 0 Å². The summed E-state index contributed by atoms with van der Waals surface area (Å²) in [6.45, 7) is 9.80. The Hall–Kier alpha value is -4.22. The molecule has 4 nitrogen and oxygen atoms in total. The lowest BCUT2D eigenvalue weighted by Gasteiger charge is -2.07. The van der Waals surface area contributed by atoms with Crippen molar-refractivity contribution in [2.24, 2.45) is 0 Å². The van der Waals surface area contributed by atoms with Gasteiger partial charge in [0, 0.05) is 22.8 Å². The average molecular weight is 477 g/mol. The summed E-state index contributed by atoms with van der Waals surface area (Å²) in [6.07, 6.45) is 6.18. The molecule has 0 spiro atoms. The van der Waals surface area contributed by atoms with Crippen LogP contribution in [0, 0.1) is 5.82 Å². The van der Waals surface area contributed by atoms with E-state index >= 15 is 0 Å². The number of hydrogen-bond donors (Lipinski definition) is 3. The van der Waals surface area contributed by atoms with Gasteiger partial charge in [-0.15, -0.1) is 0 Å². The lowest BCUT2D eigenvalue weighted by atomic mass is 9.99. The maximum atomic E-state index is 13.9. The highest BCUT2D eigenvalue weighted by Gasteiger charge is 2.14. The lowest BCUT2D eigenvalue weighted by Crippen LogP contribution is -2.15. The van der Waals surface area contributed by atoms with E-state index in [1.54, 1.807) is 12.1 Å². The van der Waals surface area contributed by atoms with Crippen LogP contribution in [0.2, 0.25) is 0 Å². The van der Waals surface area contributed by atoms with Gasteiger partial charge < -0.3 is 10.3 Å². The van der Waals surface area contributed by atoms with Crippen molar-refractivity contribution in [1.82, 2.24) is 20.5 Å². The fraction of sp³-hybridized carbons (Fsp3) is 0.129. The van der Waals surface area contributed by atoms with Crippen molar-refractivity contribution in [2.75, 3.05) is 13.1 Å². The van der Waals surface area contributed by atoms with Crippen LogP contribution in [0.3, 0.4) is 0 Å². The zero-order valence-corrected chi connectivity index (χ0v) is 20.5. The van der Waals surface area contributed by atoms with Crippen molar-refractivity contribution in [3.63, 3.8) is 0 Å². The standard InChI is InChI=1S/C31H29FN4/c1-4-20(19-33-6-3)15-21(5-2)22-13-14-29-27(17-22)31(36-35-29)30-18-26-25(11-8-12-28(26)34-30)23-9-7-10-24(32)16-23/h4-5,7-18,33-34H,1,6,19H2,2-3H3,(H,35,36)/b20-15+,21-5+. The molecule has 0 atom stereocenters. The molecule has 0 aliphatic carbocycles. The first-order chi connectivity index (χ1) is 17.6. The third kappa shape index (κ3) is 4.53. The molecule has 0 aliphatic heterocycles. The van der Waals surface area contributed by atoms with Gasteiger partial charge in [-0.2, -0.15) is 5.10 Å². The van der Waals surface area contributed by atoms with Crippen LogP contribution in [-0.4, -0.2) is 28.3 Å². The van der Waals surface area contributed by atoms with Gasteiger partial charge in [-0.3, -0.25) is 5.10 Å². The van der Waals surface area contributed by atoms with Crippen LogP contribution in [0.5, 0.6) is 0 Å². The van der Waals surface area contributed by atoms with E-state index in [1.807, 2.05) is 37.3 Å². The molecule has 0 aliphatic rings. The fourth-order valence-electron chi connectivity index (χ4n) is 4.57. The molecule has 3 N–H and O–H groups in total. The van der Waals surface area contributed by atoms with Crippen molar-refractivity contribution in [3.05, 3.63) is 108 Å². The first-order valence-electron chi connectivity index (χ1n) is 12.2. The molecular weight excluding hydrogens is 447 g/mol. The van der Waals surface area contributed by atoms with Crippen LogP contribution < -0.4 is 5.32 Å². The van der Waals surface area contributed by atoms with Gasteiger partial charge in [0.2, 0.25) is 0 Å². The zero-order valence-electron chi connectivity index (χ0n) is 20.5. The molecule has 0 saturated carbocycles. The highest BCUT2D eigenvalue weighted by molar-refractivity contribution is 6.01. The minimum absolute atomic E-state index is 0.245. The normalized spacial score (nSPS) is 12.5. The predicted octanol–water partition coefficient (Wildman–Crippen LogP) is 7.64. The number of rotatable bonds is 8. The summed E-state index contributed by atoms with van der Waals surface area (Å²) in [5.74, 6) is -0.245. The number of likely N-dealkylation sites (N-methyl/N-ethyl adjacent to an activating group) is 1. The highest BCUT2D eigenvalue weighted by Crippen LogP contribution is 2.35. The van der Waals surface area contributed by atoms with Gasteiger partial charge in [0.05, 0.1) is 11.2 Å². The first kappa shape index (κ1) is 23.5. The number of fused-ring (bicyclic) bond motifs is 2. The molecular formula is C31H29FN4. The summed E-state index contributed by atoms with van der Waals surface area (Å²) in [5.41, 5.74) is 8.91. The highest BCUT2D eigenvalue weighted by atomic mass is 19.1. The SMILES string of the molecule is C=C/C(=C\C(=C/C)c1ccc2[nH]nc(-c3cc4c(-c5cccc(F)c5)cccc4[nH]3)c2c1)CNCC. The predicted molar refractivity (Wildman–Crippen MR) is 149 cm³/mol. The van der Waals surface area contributed by atoms with Gasteiger partial charge in [-0.1, -0.05) is 62.1 Å².